The Hall–Kier alpha value is -1.61. The molecule has 0 bridgehead atoms. The number of benzene rings is 1. The molecule has 1 aliphatic carbocycles. The molecule has 0 unspecified atom stereocenters. The highest BCUT2D eigenvalue weighted by Gasteiger charge is 2.43. The molecule has 0 amide bonds. The predicted molar refractivity (Wildman–Crippen MR) is 75.2 cm³/mol. The second-order valence-electron chi connectivity index (χ2n) is 5.58. The second-order valence-corrected chi connectivity index (χ2v) is 7.26. The number of halogens is 3. The van der Waals surface area contributed by atoms with E-state index < -0.39 is 38.2 Å². The largest absolute Gasteiger partial charge is 0.480 e. The van der Waals surface area contributed by atoms with Gasteiger partial charge in [-0.05, 0) is 31.0 Å². The van der Waals surface area contributed by atoms with Crippen LogP contribution in [0.25, 0.3) is 0 Å². The third kappa shape index (κ3) is 3.84. The van der Waals surface area contributed by atoms with Gasteiger partial charge >= 0.3 is 12.1 Å². The van der Waals surface area contributed by atoms with Crippen molar-refractivity contribution in [2.24, 2.45) is 0 Å². The Balaban J connectivity index is 2.36. The van der Waals surface area contributed by atoms with Crippen molar-refractivity contribution in [1.29, 1.82) is 0 Å². The molecule has 0 spiro atoms. The van der Waals surface area contributed by atoms with Crippen LogP contribution in [-0.2, 0) is 21.0 Å². The first kappa shape index (κ1) is 17.7. The number of rotatable bonds is 4. The Morgan fingerprint density at radius 1 is 1.17 bits per heavy atom. The van der Waals surface area contributed by atoms with E-state index in [9.17, 15) is 31.5 Å². The fourth-order valence-corrected chi connectivity index (χ4v) is 4.13. The summed E-state index contributed by atoms with van der Waals surface area (Å²) < 4.78 is 64.9. The number of hydrogen-bond donors (Lipinski definition) is 2. The van der Waals surface area contributed by atoms with Gasteiger partial charge in [-0.3, -0.25) is 4.79 Å². The van der Waals surface area contributed by atoms with Crippen molar-refractivity contribution in [2.45, 2.75) is 48.7 Å². The van der Waals surface area contributed by atoms with E-state index in [4.69, 9.17) is 0 Å². The van der Waals surface area contributed by atoms with Crippen LogP contribution in [-0.4, -0.2) is 25.0 Å². The van der Waals surface area contributed by atoms with Gasteiger partial charge in [0.2, 0.25) is 10.0 Å². The van der Waals surface area contributed by atoms with Crippen LogP contribution >= 0.6 is 0 Å². The van der Waals surface area contributed by atoms with Crippen molar-refractivity contribution in [3.05, 3.63) is 29.8 Å². The van der Waals surface area contributed by atoms with Gasteiger partial charge in [0, 0.05) is 0 Å². The second kappa shape index (κ2) is 6.12. The third-order valence-corrected chi connectivity index (χ3v) is 5.45. The minimum atomic E-state index is -4.68. The van der Waals surface area contributed by atoms with Crippen molar-refractivity contribution >= 4 is 16.0 Å². The number of hydrogen-bond acceptors (Lipinski definition) is 3. The normalized spacial score (nSPS) is 18.6. The summed E-state index contributed by atoms with van der Waals surface area (Å²) in [6.45, 7) is 0. The van der Waals surface area contributed by atoms with Crippen LogP contribution in [0.2, 0.25) is 0 Å². The molecule has 9 heteroatoms. The van der Waals surface area contributed by atoms with Crippen LogP contribution in [0.1, 0.15) is 37.7 Å². The molecule has 0 saturated heterocycles. The van der Waals surface area contributed by atoms with Gasteiger partial charge in [0.25, 0.3) is 0 Å². The molecule has 2 rings (SSSR count). The molecular formula is C14H16F3NO4S. The van der Waals surface area contributed by atoms with Gasteiger partial charge in [0.05, 0.1) is 10.5 Å². The molecule has 1 aliphatic rings. The fraction of sp³-hybridized carbons (Fsp3) is 0.500. The Morgan fingerprint density at radius 2 is 1.78 bits per heavy atom. The molecule has 2 N–H and O–H groups in total. The zero-order valence-corrected chi connectivity index (χ0v) is 12.9. The average molecular weight is 351 g/mol. The predicted octanol–water partition coefficient (Wildman–Crippen LogP) is 2.77. The number of aliphatic carboxylic acids is 1. The maximum absolute atomic E-state index is 12.7. The van der Waals surface area contributed by atoms with Gasteiger partial charge in [-0.1, -0.05) is 25.3 Å². The van der Waals surface area contributed by atoms with E-state index in [1.165, 1.54) is 0 Å². The molecule has 0 heterocycles. The van der Waals surface area contributed by atoms with Crippen molar-refractivity contribution in [3.8, 4) is 0 Å². The smallest absolute Gasteiger partial charge is 0.416 e. The van der Waals surface area contributed by atoms with E-state index in [0.717, 1.165) is 24.6 Å². The van der Waals surface area contributed by atoms with E-state index in [1.54, 1.807) is 0 Å². The SMILES string of the molecule is O=C(O)C1(NS(=O)(=O)c2cccc(C(F)(F)F)c2)CCCCC1. The Bertz CT molecular complexity index is 694. The zero-order chi connectivity index (χ0) is 17.3. The van der Waals surface area contributed by atoms with Crippen molar-refractivity contribution in [3.63, 3.8) is 0 Å². The number of carbonyl (C=O) groups is 1. The lowest BCUT2D eigenvalue weighted by molar-refractivity contribution is -0.145. The van der Waals surface area contributed by atoms with Crippen LogP contribution in [0.15, 0.2) is 29.2 Å². The minimum Gasteiger partial charge on any atom is -0.480 e. The van der Waals surface area contributed by atoms with E-state index in [-0.39, 0.29) is 12.8 Å². The highest BCUT2D eigenvalue weighted by atomic mass is 32.2. The lowest BCUT2D eigenvalue weighted by Crippen LogP contribution is -2.55. The molecule has 0 atom stereocenters. The number of carboxylic acid groups (broad SMARTS) is 1. The first-order chi connectivity index (χ1) is 10.6. The van der Waals surface area contributed by atoms with Gasteiger partial charge < -0.3 is 5.11 Å². The maximum Gasteiger partial charge on any atom is 0.416 e. The van der Waals surface area contributed by atoms with Gasteiger partial charge in [-0.2, -0.15) is 17.9 Å². The molecule has 0 aromatic heterocycles. The standard InChI is InChI=1S/C14H16F3NO4S/c15-14(16,17)10-5-4-6-11(9-10)23(21,22)18-13(12(19)20)7-2-1-3-8-13/h4-6,9,18H,1-3,7-8H2,(H,19,20). The Labute approximate surface area is 131 Å². The summed E-state index contributed by atoms with van der Waals surface area (Å²) in [4.78, 5) is 10.9. The lowest BCUT2D eigenvalue weighted by Gasteiger charge is -2.33. The van der Waals surface area contributed by atoms with Crippen LogP contribution < -0.4 is 4.72 Å². The van der Waals surface area contributed by atoms with E-state index in [0.29, 0.717) is 18.9 Å². The summed E-state index contributed by atoms with van der Waals surface area (Å²) in [7, 11) is -4.38. The van der Waals surface area contributed by atoms with E-state index in [1.807, 2.05) is 0 Å². The van der Waals surface area contributed by atoms with Crippen molar-refractivity contribution < 1.29 is 31.5 Å². The molecule has 23 heavy (non-hydrogen) atoms. The summed E-state index contributed by atoms with van der Waals surface area (Å²) >= 11 is 0. The van der Waals surface area contributed by atoms with Gasteiger partial charge in [0.1, 0.15) is 5.54 Å². The van der Waals surface area contributed by atoms with Crippen LogP contribution in [0, 0.1) is 0 Å². The van der Waals surface area contributed by atoms with Gasteiger partial charge in [-0.15, -0.1) is 0 Å². The molecule has 1 fully saturated rings. The van der Waals surface area contributed by atoms with Crippen molar-refractivity contribution in [2.75, 3.05) is 0 Å². The quantitative estimate of drug-likeness (QED) is 0.874. The van der Waals surface area contributed by atoms with Crippen molar-refractivity contribution in [1.82, 2.24) is 4.72 Å². The first-order valence-electron chi connectivity index (χ1n) is 7.01. The third-order valence-electron chi connectivity index (χ3n) is 3.92. The molecule has 128 valence electrons. The molecular weight excluding hydrogens is 335 g/mol. The van der Waals surface area contributed by atoms with E-state index >= 15 is 0 Å². The Morgan fingerprint density at radius 3 is 2.30 bits per heavy atom. The van der Waals surface area contributed by atoms with E-state index in [2.05, 4.69) is 4.72 Å². The highest BCUT2D eigenvalue weighted by Crippen LogP contribution is 2.33. The molecule has 5 nitrogen and oxygen atoms in total. The number of sulfonamides is 1. The zero-order valence-electron chi connectivity index (χ0n) is 12.1. The topological polar surface area (TPSA) is 83.5 Å². The van der Waals surface area contributed by atoms with Gasteiger partial charge in [0.15, 0.2) is 0 Å². The van der Waals surface area contributed by atoms with Gasteiger partial charge in [-0.25, -0.2) is 8.42 Å². The highest BCUT2D eigenvalue weighted by molar-refractivity contribution is 7.89. The number of nitrogens with one attached hydrogen (secondary N) is 1. The number of alkyl halides is 3. The Kier molecular flexibility index (Phi) is 4.72. The fourth-order valence-electron chi connectivity index (χ4n) is 2.67. The lowest BCUT2D eigenvalue weighted by atomic mass is 9.83. The maximum atomic E-state index is 12.7. The van der Waals surface area contributed by atoms with Crippen LogP contribution in [0.4, 0.5) is 13.2 Å². The van der Waals surface area contributed by atoms with Crippen LogP contribution in [0.5, 0.6) is 0 Å². The molecule has 1 saturated carbocycles. The minimum absolute atomic E-state index is 0.112. The molecule has 1 aromatic rings. The first-order valence-corrected chi connectivity index (χ1v) is 8.50. The van der Waals surface area contributed by atoms with Crippen LogP contribution in [0.3, 0.4) is 0 Å². The average Bonchev–Trinajstić information content (AvgIpc) is 2.47. The summed E-state index contributed by atoms with van der Waals surface area (Å²) in [6, 6.07) is 3.24. The summed E-state index contributed by atoms with van der Waals surface area (Å²) in [5, 5.41) is 9.38. The molecule has 0 radical (unpaired) electrons. The molecule has 1 aromatic carbocycles. The molecule has 0 aliphatic heterocycles. The summed E-state index contributed by atoms with van der Waals surface area (Å²) in [5.41, 5.74) is -2.76. The number of carboxylic acids is 1. The summed E-state index contributed by atoms with van der Waals surface area (Å²) in [6.07, 6.45) is -2.59. The summed E-state index contributed by atoms with van der Waals surface area (Å²) in [5.74, 6) is -1.31. The monoisotopic (exact) mass is 351 g/mol.